The zero-order valence-corrected chi connectivity index (χ0v) is 9.25. The van der Waals surface area contributed by atoms with Gasteiger partial charge < -0.3 is 10.2 Å². The molecule has 1 atom stereocenters. The van der Waals surface area contributed by atoms with Crippen molar-refractivity contribution < 1.29 is 17.6 Å². The molecule has 0 aromatic carbocycles. The second kappa shape index (κ2) is 5.04. The molecule has 14 heavy (non-hydrogen) atoms. The molecule has 0 aliphatic heterocycles. The fraction of sp³-hybridized carbons (Fsp3) is 0.429. The van der Waals surface area contributed by atoms with Crippen LogP contribution in [0, 0.1) is 0 Å². The van der Waals surface area contributed by atoms with Gasteiger partial charge in [-0.25, -0.2) is 0 Å². The summed E-state index contributed by atoms with van der Waals surface area (Å²) in [6.07, 6.45) is -5.34. The molecule has 0 fully saturated rings. The Labute approximate surface area is 93.2 Å². The summed E-state index contributed by atoms with van der Waals surface area (Å²) in [6, 6.07) is 1.79. The number of furan rings is 1. The van der Waals surface area contributed by atoms with Crippen LogP contribution in [0.3, 0.4) is 0 Å². The number of nitrogens with two attached hydrogens (primary N) is 1. The van der Waals surface area contributed by atoms with Gasteiger partial charge in [-0.3, -0.25) is 0 Å². The summed E-state index contributed by atoms with van der Waals surface area (Å²) in [5, 5.41) is 0. The molecule has 1 aromatic rings. The van der Waals surface area contributed by atoms with Gasteiger partial charge in [-0.05, 0) is 28.1 Å². The fourth-order valence-corrected chi connectivity index (χ4v) is 1.20. The second-order valence-corrected chi connectivity index (χ2v) is 3.35. The van der Waals surface area contributed by atoms with Crippen molar-refractivity contribution >= 4 is 28.3 Å². The van der Waals surface area contributed by atoms with Crippen LogP contribution in [0.25, 0.3) is 0 Å². The highest BCUT2D eigenvalue weighted by molar-refractivity contribution is 9.10. The van der Waals surface area contributed by atoms with Gasteiger partial charge in [-0.2, -0.15) is 13.2 Å². The van der Waals surface area contributed by atoms with Gasteiger partial charge >= 0.3 is 6.18 Å². The molecule has 82 valence electrons. The maximum Gasteiger partial charge on any atom is 0.391 e. The van der Waals surface area contributed by atoms with Gasteiger partial charge in [0.25, 0.3) is 0 Å². The number of hydrogen-bond donors (Lipinski definition) is 1. The van der Waals surface area contributed by atoms with E-state index in [2.05, 4.69) is 15.9 Å². The molecule has 1 aromatic heterocycles. The van der Waals surface area contributed by atoms with E-state index < -0.39 is 18.6 Å². The molecule has 0 aliphatic rings. The highest BCUT2D eigenvalue weighted by Gasteiger charge is 2.32. The maximum absolute atomic E-state index is 11.9. The van der Waals surface area contributed by atoms with Crippen LogP contribution in [0.2, 0.25) is 0 Å². The van der Waals surface area contributed by atoms with Crippen LogP contribution in [-0.2, 0) is 0 Å². The van der Waals surface area contributed by atoms with Crippen molar-refractivity contribution in [2.24, 2.45) is 5.73 Å². The monoisotopic (exact) mass is 293 g/mol. The number of halogens is 5. The van der Waals surface area contributed by atoms with Gasteiger partial charge in [0, 0.05) is 0 Å². The minimum Gasteiger partial charge on any atom is -0.453 e. The third kappa shape index (κ3) is 4.34. The summed E-state index contributed by atoms with van der Waals surface area (Å²) in [7, 11) is 0. The summed E-state index contributed by atoms with van der Waals surface area (Å²) in [5.41, 5.74) is 5.26. The molecule has 2 N–H and O–H groups in total. The van der Waals surface area contributed by atoms with Crippen molar-refractivity contribution in [2.75, 3.05) is 0 Å². The van der Waals surface area contributed by atoms with Gasteiger partial charge in [0.1, 0.15) is 5.76 Å². The Morgan fingerprint density at radius 1 is 1.43 bits per heavy atom. The van der Waals surface area contributed by atoms with E-state index in [0.717, 1.165) is 0 Å². The molecule has 0 aliphatic carbocycles. The topological polar surface area (TPSA) is 39.2 Å². The summed E-state index contributed by atoms with van der Waals surface area (Å²) < 4.78 is 40.9. The zero-order valence-electron chi connectivity index (χ0n) is 6.84. The Balaban J connectivity index is 0.00000169. The first kappa shape index (κ1) is 13.8. The predicted octanol–water partition coefficient (Wildman–Crippen LogP) is 3.42. The van der Waals surface area contributed by atoms with Gasteiger partial charge in [-0.1, -0.05) is 0 Å². The lowest BCUT2D eigenvalue weighted by Gasteiger charge is -2.10. The first-order chi connectivity index (χ1) is 5.88. The Morgan fingerprint density at radius 3 is 2.36 bits per heavy atom. The van der Waals surface area contributed by atoms with Gasteiger partial charge in [0.15, 0.2) is 4.67 Å². The predicted molar refractivity (Wildman–Crippen MR) is 51.3 cm³/mol. The van der Waals surface area contributed by atoms with Crippen molar-refractivity contribution in [1.29, 1.82) is 0 Å². The van der Waals surface area contributed by atoms with E-state index in [1.54, 1.807) is 0 Å². The van der Waals surface area contributed by atoms with Crippen LogP contribution in [0.4, 0.5) is 13.2 Å². The van der Waals surface area contributed by atoms with E-state index in [9.17, 15) is 13.2 Å². The quantitative estimate of drug-likeness (QED) is 0.908. The van der Waals surface area contributed by atoms with Crippen molar-refractivity contribution in [1.82, 2.24) is 0 Å². The molecule has 0 saturated carbocycles. The molecular formula is C7H8BrClF3NO. The Hall–Kier alpha value is -0.200. The van der Waals surface area contributed by atoms with Crippen LogP contribution in [0.1, 0.15) is 18.2 Å². The van der Waals surface area contributed by atoms with Crippen LogP contribution < -0.4 is 5.73 Å². The lowest BCUT2D eigenvalue weighted by Crippen LogP contribution is -2.19. The lowest BCUT2D eigenvalue weighted by molar-refractivity contribution is -0.139. The van der Waals surface area contributed by atoms with E-state index >= 15 is 0 Å². The average Bonchev–Trinajstić information content (AvgIpc) is 2.31. The van der Waals surface area contributed by atoms with Crippen LogP contribution in [0.5, 0.6) is 0 Å². The molecule has 0 radical (unpaired) electrons. The van der Waals surface area contributed by atoms with E-state index in [1.165, 1.54) is 12.1 Å². The second-order valence-electron chi connectivity index (χ2n) is 2.57. The van der Waals surface area contributed by atoms with Gasteiger partial charge in [0.05, 0.1) is 12.5 Å². The largest absolute Gasteiger partial charge is 0.453 e. The van der Waals surface area contributed by atoms with E-state index in [-0.39, 0.29) is 18.2 Å². The van der Waals surface area contributed by atoms with E-state index in [1.807, 2.05) is 0 Å². The summed E-state index contributed by atoms with van der Waals surface area (Å²) in [4.78, 5) is 0. The molecule has 0 bridgehead atoms. The number of alkyl halides is 3. The van der Waals surface area contributed by atoms with Gasteiger partial charge in [-0.15, -0.1) is 12.4 Å². The number of hydrogen-bond acceptors (Lipinski definition) is 2. The molecule has 7 heteroatoms. The lowest BCUT2D eigenvalue weighted by atomic mass is 10.2. The molecule has 1 rings (SSSR count). The minimum atomic E-state index is -4.27. The molecule has 0 amide bonds. The van der Waals surface area contributed by atoms with Crippen molar-refractivity contribution in [2.45, 2.75) is 18.6 Å². The minimum absolute atomic E-state index is 0. The van der Waals surface area contributed by atoms with E-state index in [4.69, 9.17) is 10.2 Å². The van der Waals surface area contributed by atoms with E-state index in [0.29, 0.717) is 4.67 Å². The normalized spacial score (nSPS) is 13.5. The van der Waals surface area contributed by atoms with Crippen molar-refractivity contribution in [3.63, 3.8) is 0 Å². The first-order valence-corrected chi connectivity index (χ1v) is 4.25. The summed E-state index contributed by atoms with van der Waals surface area (Å²) in [6.45, 7) is 0. The summed E-state index contributed by atoms with van der Waals surface area (Å²) in [5.74, 6) is 0.129. The summed E-state index contributed by atoms with van der Waals surface area (Å²) >= 11 is 2.98. The molecule has 2 nitrogen and oxygen atoms in total. The average molecular weight is 294 g/mol. The highest BCUT2D eigenvalue weighted by Crippen LogP contribution is 2.29. The Bertz CT molecular complexity index is 289. The molecular weight excluding hydrogens is 286 g/mol. The maximum atomic E-state index is 11.9. The smallest absolute Gasteiger partial charge is 0.391 e. The SMILES string of the molecule is Cl.N[C@H](CC(F)(F)F)c1ccc(Br)o1. The zero-order chi connectivity index (χ0) is 10.1. The van der Waals surface area contributed by atoms with Crippen molar-refractivity contribution in [3.8, 4) is 0 Å². The van der Waals surface area contributed by atoms with Crippen LogP contribution in [-0.4, -0.2) is 6.18 Å². The highest BCUT2D eigenvalue weighted by atomic mass is 79.9. The molecule has 1 heterocycles. The third-order valence-electron chi connectivity index (χ3n) is 1.41. The standard InChI is InChI=1S/C7H7BrF3NO.ClH/c8-6-2-1-5(13-6)4(12)3-7(9,10)11;/h1-2,4H,3,12H2;1H/t4-;/m1./s1. The Morgan fingerprint density at radius 2 is 2.00 bits per heavy atom. The molecule has 0 spiro atoms. The first-order valence-electron chi connectivity index (χ1n) is 3.46. The fourth-order valence-electron chi connectivity index (χ4n) is 0.878. The molecule has 0 saturated heterocycles. The van der Waals surface area contributed by atoms with Crippen LogP contribution >= 0.6 is 28.3 Å². The van der Waals surface area contributed by atoms with Crippen molar-refractivity contribution in [3.05, 3.63) is 22.6 Å². The number of rotatable bonds is 2. The molecule has 0 unspecified atom stereocenters. The third-order valence-corrected chi connectivity index (χ3v) is 1.84. The Kier molecular flexibility index (Phi) is 4.97. The van der Waals surface area contributed by atoms with Gasteiger partial charge in [0.2, 0.25) is 0 Å². The van der Waals surface area contributed by atoms with Crippen LogP contribution in [0.15, 0.2) is 21.2 Å².